The van der Waals surface area contributed by atoms with Crippen molar-refractivity contribution in [3.8, 4) is 0 Å². The molecule has 0 spiro atoms. The smallest absolute Gasteiger partial charge is 0.404 e. The first-order chi connectivity index (χ1) is 7.19. The van der Waals surface area contributed by atoms with Crippen LogP contribution in [0.5, 0.6) is 0 Å². The largest absolute Gasteiger partial charge is 0.465 e. The maximum Gasteiger partial charge on any atom is 0.404 e. The molecule has 1 aliphatic carbocycles. The van der Waals surface area contributed by atoms with Crippen LogP contribution in [0.4, 0.5) is 4.79 Å². The van der Waals surface area contributed by atoms with E-state index in [0.717, 1.165) is 18.4 Å². The number of hydrogen-bond acceptors (Lipinski definition) is 1. The predicted molar refractivity (Wildman–Crippen MR) is 58.4 cm³/mol. The third-order valence-electron chi connectivity index (χ3n) is 2.69. The van der Waals surface area contributed by atoms with E-state index in [1.165, 1.54) is 11.1 Å². The number of carboxylic acid groups (broad SMARTS) is 1. The summed E-state index contributed by atoms with van der Waals surface area (Å²) < 4.78 is 0. The Labute approximate surface area is 93.1 Å². The van der Waals surface area contributed by atoms with Crippen molar-refractivity contribution in [3.63, 3.8) is 0 Å². The molecule has 3 nitrogen and oxygen atoms in total. The Hall–Kier alpha value is -1.22. The zero-order chi connectivity index (χ0) is 10.8. The van der Waals surface area contributed by atoms with Crippen molar-refractivity contribution in [3.05, 3.63) is 34.9 Å². The number of carbonyl (C=O) groups is 1. The number of amides is 1. The number of nitrogens with one attached hydrogen (secondary N) is 1. The van der Waals surface area contributed by atoms with E-state index in [9.17, 15) is 4.79 Å². The minimum atomic E-state index is -0.953. The molecular weight excluding hydrogens is 214 g/mol. The molecule has 0 heterocycles. The summed E-state index contributed by atoms with van der Waals surface area (Å²) in [7, 11) is 0. The Morgan fingerprint density at radius 3 is 2.87 bits per heavy atom. The lowest BCUT2D eigenvalue weighted by molar-refractivity contribution is 0.190. The van der Waals surface area contributed by atoms with Crippen LogP contribution < -0.4 is 5.32 Å². The Kier molecular flexibility index (Phi) is 2.82. The van der Waals surface area contributed by atoms with Crippen molar-refractivity contribution in [1.82, 2.24) is 5.32 Å². The highest BCUT2D eigenvalue weighted by Crippen LogP contribution is 2.24. The highest BCUT2D eigenvalue weighted by Gasteiger charge is 2.22. The molecule has 0 saturated carbocycles. The van der Waals surface area contributed by atoms with Gasteiger partial charge >= 0.3 is 6.09 Å². The molecule has 2 rings (SSSR count). The van der Waals surface area contributed by atoms with E-state index < -0.39 is 6.09 Å². The van der Waals surface area contributed by atoms with Crippen LogP contribution in [0.2, 0.25) is 0 Å². The first kappa shape index (κ1) is 10.3. The Morgan fingerprint density at radius 1 is 1.47 bits per heavy atom. The Balaban J connectivity index is 2.13. The summed E-state index contributed by atoms with van der Waals surface area (Å²) >= 11 is 5.74. The molecule has 1 unspecified atom stereocenters. The highest BCUT2D eigenvalue weighted by atomic mass is 35.5. The standard InChI is InChI=1S/C11H12ClNO2/c12-6-7-1-2-8-4-10(13-11(14)15)5-9(8)3-7/h1-3,10,13H,4-6H2,(H,14,15). The summed E-state index contributed by atoms with van der Waals surface area (Å²) in [5.41, 5.74) is 3.53. The van der Waals surface area contributed by atoms with Crippen molar-refractivity contribution < 1.29 is 9.90 Å². The maximum absolute atomic E-state index is 10.5. The van der Waals surface area contributed by atoms with Crippen LogP contribution in [0.25, 0.3) is 0 Å². The molecule has 15 heavy (non-hydrogen) atoms. The lowest BCUT2D eigenvalue weighted by Gasteiger charge is -2.07. The van der Waals surface area contributed by atoms with Crippen molar-refractivity contribution in [2.45, 2.75) is 24.8 Å². The topological polar surface area (TPSA) is 49.3 Å². The molecule has 1 amide bonds. The van der Waals surface area contributed by atoms with E-state index in [0.29, 0.717) is 5.88 Å². The molecule has 0 saturated heterocycles. The van der Waals surface area contributed by atoms with Gasteiger partial charge in [0.1, 0.15) is 0 Å². The lowest BCUT2D eigenvalue weighted by atomic mass is 10.1. The van der Waals surface area contributed by atoms with Crippen molar-refractivity contribution in [1.29, 1.82) is 0 Å². The summed E-state index contributed by atoms with van der Waals surface area (Å²) in [5.74, 6) is 0.504. The van der Waals surface area contributed by atoms with E-state index in [1.54, 1.807) is 0 Å². The van der Waals surface area contributed by atoms with Gasteiger partial charge in [-0.3, -0.25) is 0 Å². The van der Waals surface area contributed by atoms with Crippen LogP contribution in [0.1, 0.15) is 16.7 Å². The summed E-state index contributed by atoms with van der Waals surface area (Å²) in [6, 6.07) is 6.11. The van der Waals surface area contributed by atoms with E-state index in [4.69, 9.17) is 16.7 Å². The van der Waals surface area contributed by atoms with Gasteiger partial charge in [0.25, 0.3) is 0 Å². The average molecular weight is 226 g/mol. The number of fused-ring (bicyclic) bond motifs is 1. The monoisotopic (exact) mass is 225 g/mol. The SMILES string of the molecule is O=C(O)NC1Cc2ccc(CCl)cc2C1. The molecule has 2 N–H and O–H groups in total. The maximum atomic E-state index is 10.5. The summed E-state index contributed by atoms with van der Waals surface area (Å²) in [4.78, 5) is 10.5. The van der Waals surface area contributed by atoms with Gasteiger partial charge in [0.15, 0.2) is 0 Å². The number of hydrogen-bond donors (Lipinski definition) is 2. The van der Waals surface area contributed by atoms with Gasteiger partial charge < -0.3 is 10.4 Å². The first-order valence-electron chi connectivity index (χ1n) is 4.85. The minimum absolute atomic E-state index is 0.0167. The second-order valence-electron chi connectivity index (χ2n) is 3.79. The van der Waals surface area contributed by atoms with Gasteiger partial charge in [0.2, 0.25) is 0 Å². The molecule has 0 aromatic heterocycles. The van der Waals surface area contributed by atoms with E-state index in [2.05, 4.69) is 11.4 Å². The molecule has 1 atom stereocenters. The van der Waals surface area contributed by atoms with E-state index in [-0.39, 0.29) is 6.04 Å². The number of alkyl halides is 1. The summed E-state index contributed by atoms with van der Waals surface area (Å²) in [6.45, 7) is 0. The Morgan fingerprint density at radius 2 is 2.20 bits per heavy atom. The molecular formula is C11H12ClNO2. The van der Waals surface area contributed by atoms with Crippen LogP contribution in [0.3, 0.4) is 0 Å². The van der Waals surface area contributed by atoms with Crippen LogP contribution in [-0.2, 0) is 18.7 Å². The molecule has 1 aliphatic rings. The molecule has 0 aliphatic heterocycles. The summed E-state index contributed by atoms with van der Waals surface area (Å²) in [6.07, 6.45) is 0.599. The second-order valence-corrected chi connectivity index (χ2v) is 4.06. The van der Waals surface area contributed by atoms with Gasteiger partial charge in [0, 0.05) is 11.9 Å². The first-order valence-corrected chi connectivity index (χ1v) is 5.38. The molecule has 0 bridgehead atoms. The van der Waals surface area contributed by atoms with Crippen molar-refractivity contribution >= 4 is 17.7 Å². The third kappa shape index (κ3) is 2.23. The molecule has 1 aromatic rings. The van der Waals surface area contributed by atoms with E-state index >= 15 is 0 Å². The zero-order valence-corrected chi connectivity index (χ0v) is 8.92. The zero-order valence-electron chi connectivity index (χ0n) is 8.16. The van der Waals surface area contributed by atoms with Crippen molar-refractivity contribution in [2.75, 3.05) is 0 Å². The fraction of sp³-hybridized carbons (Fsp3) is 0.364. The molecule has 0 fully saturated rings. The Bertz CT molecular complexity index is 392. The van der Waals surface area contributed by atoms with Crippen LogP contribution >= 0.6 is 11.6 Å². The van der Waals surface area contributed by atoms with Gasteiger partial charge in [0.05, 0.1) is 0 Å². The van der Waals surface area contributed by atoms with Gasteiger partial charge in [-0.05, 0) is 29.5 Å². The molecule has 80 valence electrons. The van der Waals surface area contributed by atoms with Crippen molar-refractivity contribution in [2.24, 2.45) is 0 Å². The molecule has 0 radical (unpaired) electrons. The second kappa shape index (κ2) is 4.11. The lowest BCUT2D eigenvalue weighted by Crippen LogP contribution is -2.33. The van der Waals surface area contributed by atoms with E-state index in [1.807, 2.05) is 12.1 Å². The molecule has 4 heteroatoms. The van der Waals surface area contributed by atoms with Gasteiger partial charge in [-0.15, -0.1) is 11.6 Å². The number of benzene rings is 1. The van der Waals surface area contributed by atoms with Crippen LogP contribution in [-0.4, -0.2) is 17.2 Å². The van der Waals surface area contributed by atoms with Crippen LogP contribution in [0.15, 0.2) is 18.2 Å². The van der Waals surface area contributed by atoms with Gasteiger partial charge in [-0.2, -0.15) is 0 Å². The fourth-order valence-electron chi connectivity index (χ4n) is 2.03. The summed E-state index contributed by atoms with van der Waals surface area (Å²) in [5, 5.41) is 11.1. The number of halogens is 1. The average Bonchev–Trinajstić information content (AvgIpc) is 2.57. The minimum Gasteiger partial charge on any atom is -0.465 e. The fourth-order valence-corrected chi connectivity index (χ4v) is 2.20. The van der Waals surface area contributed by atoms with Gasteiger partial charge in [-0.1, -0.05) is 18.2 Å². The van der Waals surface area contributed by atoms with Crippen LogP contribution in [0, 0.1) is 0 Å². The predicted octanol–water partition coefficient (Wildman–Crippen LogP) is 2.16. The highest BCUT2D eigenvalue weighted by molar-refractivity contribution is 6.17. The number of rotatable bonds is 2. The van der Waals surface area contributed by atoms with Gasteiger partial charge in [-0.25, -0.2) is 4.79 Å². The normalized spacial score (nSPS) is 18.6. The molecule has 1 aromatic carbocycles. The quantitative estimate of drug-likeness (QED) is 0.758. The third-order valence-corrected chi connectivity index (χ3v) is 2.99.